The molecule has 0 aliphatic carbocycles. The Balaban J connectivity index is 1.12. The first kappa shape index (κ1) is 27.7. The van der Waals surface area contributed by atoms with E-state index in [0.717, 1.165) is 23.3 Å². The minimum atomic E-state index is -3.71. The van der Waals surface area contributed by atoms with Gasteiger partial charge in [-0.3, -0.25) is 13.9 Å². The molecule has 1 fully saturated rings. The Bertz CT molecular complexity index is 1470. The number of hydrogen-bond donors (Lipinski definition) is 2. The molecule has 0 radical (unpaired) electrons. The summed E-state index contributed by atoms with van der Waals surface area (Å²) in [6, 6.07) is 17.2. The average Bonchev–Trinajstić information content (AvgIpc) is 3.52. The Labute approximate surface area is 237 Å². The fourth-order valence-corrected chi connectivity index (χ4v) is 7.50. The van der Waals surface area contributed by atoms with E-state index >= 15 is 0 Å². The van der Waals surface area contributed by atoms with Crippen LogP contribution in [0.3, 0.4) is 0 Å². The lowest BCUT2D eigenvalue weighted by Gasteiger charge is -2.31. The largest absolute Gasteiger partial charge is 0.415 e. The van der Waals surface area contributed by atoms with Crippen LogP contribution in [0.25, 0.3) is 0 Å². The standard InChI is InChI=1S/C28H30N4O6S2/c33-26(29-19-20-12-15-31(16-13-20)28(35)38-23-7-2-1-3-8-23)27(34)30-22-11-10-21-6-4-14-32(24(21)18-22)40(36,37)25-9-5-17-39-25/h1-3,5,7-11,17-18,20H,4,6,12-16,19H2,(H,29,33)(H,30,34). The van der Waals surface area contributed by atoms with Gasteiger partial charge in [-0.15, -0.1) is 11.3 Å². The Morgan fingerprint density at radius 3 is 2.45 bits per heavy atom. The monoisotopic (exact) mass is 582 g/mol. The molecule has 0 saturated carbocycles. The van der Waals surface area contributed by atoms with Crippen LogP contribution in [0.1, 0.15) is 24.8 Å². The predicted octanol–water partition coefficient (Wildman–Crippen LogP) is 3.86. The van der Waals surface area contributed by atoms with Crippen molar-refractivity contribution in [2.75, 3.05) is 35.8 Å². The number of nitrogens with one attached hydrogen (secondary N) is 2. The number of amides is 3. The van der Waals surface area contributed by atoms with Gasteiger partial charge in [0.15, 0.2) is 0 Å². The van der Waals surface area contributed by atoms with Gasteiger partial charge in [-0.25, -0.2) is 13.2 Å². The van der Waals surface area contributed by atoms with Crippen molar-refractivity contribution in [3.05, 3.63) is 71.6 Å². The topological polar surface area (TPSA) is 125 Å². The molecule has 0 unspecified atom stereocenters. The van der Waals surface area contributed by atoms with Crippen LogP contribution in [0.15, 0.2) is 70.3 Å². The lowest BCUT2D eigenvalue weighted by molar-refractivity contribution is -0.136. The van der Waals surface area contributed by atoms with E-state index in [9.17, 15) is 22.8 Å². The summed E-state index contributed by atoms with van der Waals surface area (Å²) in [7, 11) is -3.71. The van der Waals surface area contributed by atoms with Gasteiger partial charge in [0.05, 0.1) is 5.69 Å². The summed E-state index contributed by atoms with van der Waals surface area (Å²) in [5, 5.41) is 6.99. The molecule has 5 rings (SSSR count). The summed E-state index contributed by atoms with van der Waals surface area (Å²) in [5.74, 6) is -0.986. The Hall–Kier alpha value is -3.90. The van der Waals surface area contributed by atoms with Crippen molar-refractivity contribution in [1.29, 1.82) is 0 Å². The third kappa shape index (κ3) is 6.28. The molecule has 12 heteroatoms. The molecule has 2 aromatic carbocycles. The van der Waals surface area contributed by atoms with Gasteiger partial charge in [-0.05, 0) is 72.9 Å². The van der Waals surface area contributed by atoms with Gasteiger partial charge < -0.3 is 20.3 Å². The van der Waals surface area contributed by atoms with Crippen molar-refractivity contribution in [2.24, 2.45) is 5.92 Å². The van der Waals surface area contributed by atoms with Gasteiger partial charge in [-0.2, -0.15) is 0 Å². The zero-order chi connectivity index (χ0) is 28.1. The molecule has 2 aliphatic heterocycles. The second-order valence-corrected chi connectivity index (χ2v) is 12.8. The highest BCUT2D eigenvalue weighted by Crippen LogP contribution is 2.35. The molecule has 210 valence electrons. The maximum Gasteiger partial charge on any atom is 0.415 e. The van der Waals surface area contributed by atoms with Gasteiger partial charge in [-0.1, -0.05) is 30.3 Å². The number of rotatable bonds is 6. The van der Waals surface area contributed by atoms with Crippen molar-refractivity contribution in [3.8, 4) is 5.75 Å². The highest BCUT2D eigenvalue weighted by Gasteiger charge is 2.30. The van der Waals surface area contributed by atoms with Crippen molar-refractivity contribution >= 4 is 50.6 Å². The number of hydrogen-bond acceptors (Lipinski definition) is 7. The number of benzene rings is 2. The van der Waals surface area contributed by atoms with Gasteiger partial charge in [0.1, 0.15) is 9.96 Å². The molecule has 2 aliphatic rings. The van der Waals surface area contributed by atoms with Gasteiger partial charge in [0.25, 0.3) is 10.0 Å². The fourth-order valence-electron chi connectivity index (χ4n) is 4.87. The summed E-state index contributed by atoms with van der Waals surface area (Å²) in [6.45, 7) is 1.65. The van der Waals surface area contributed by atoms with E-state index < -0.39 is 27.9 Å². The predicted molar refractivity (Wildman–Crippen MR) is 152 cm³/mol. The minimum Gasteiger partial charge on any atom is -0.410 e. The van der Waals surface area contributed by atoms with Crippen molar-refractivity contribution in [3.63, 3.8) is 0 Å². The lowest BCUT2D eigenvalue weighted by Crippen LogP contribution is -2.44. The Kier molecular flexibility index (Phi) is 8.36. The highest BCUT2D eigenvalue weighted by molar-refractivity contribution is 7.94. The average molecular weight is 583 g/mol. The minimum absolute atomic E-state index is 0.122. The number of aryl methyl sites for hydroxylation is 1. The number of ether oxygens (including phenoxy) is 1. The lowest BCUT2D eigenvalue weighted by atomic mass is 9.97. The zero-order valence-corrected chi connectivity index (χ0v) is 23.4. The molecular weight excluding hydrogens is 552 g/mol. The van der Waals surface area contributed by atoms with Gasteiger partial charge >= 0.3 is 17.9 Å². The third-order valence-corrected chi connectivity index (χ3v) is 10.2. The van der Waals surface area contributed by atoms with E-state index in [2.05, 4.69) is 10.6 Å². The van der Waals surface area contributed by atoms with Crippen molar-refractivity contribution in [2.45, 2.75) is 29.9 Å². The molecule has 10 nitrogen and oxygen atoms in total. The van der Waals surface area contributed by atoms with Crippen LogP contribution in [0.5, 0.6) is 5.75 Å². The summed E-state index contributed by atoms with van der Waals surface area (Å²) < 4.78 is 33.4. The van der Waals surface area contributed by atoms with Crippen LogP contribution in [-0.2, 0) is 26.0 Å². The smallest absolute Gasteiger partial charge is 0.410 e. The molecule has 2 N–H and O–H groups in total. The summed E-state index contributed by atoms with van der Waals surface area (Å²) >= 11 is 1.16. The summed E-state index contributed by atoms with van der Waals surface area (Å²) in [4.78, 5) is 39.1. The SMILES string of the molecule is O=C(NCC1CCN(C(=O)Oc2ccccc2)CC1)C(=O)Nc1ccc2c(c1)N(S(=O)(=O)c1cccs1)CCC2. The highest BCUT2D eigenvalue weighted by atomic mass is 32.2. The van der Waals surface area contributed by atoms with Crippen molar-refractivity contribution in [1.82, 2.24) is 10.2 Å². The van der Waals surface area contributed by atoms with E-state index in [1.54, 1.807) is 64.9 Å². The normalized spacial score (nSPS) is 15.7. The number of sulfonamides is 1. The molecular formula is C28H30N4O6S2. The molecule has 3 aromatic rings. The van der Waals surface area contributed by atoms with Crippen LogP contribution in [0.2, 0.25) is 0 Å². The first-order valence-electron chi connectivity index (χ1n) is 13.1. The number of anilines is 2. The van der Waals surface area contributed by atoms with E-state index in [0.29, 0.717) is 62.6 Å². The number of likely N-dealkylation sites (tertiary alicyclic amines) is 1. The van der Waals surface area contributed by atoms with Crippen molar-refractivity contribution < 1.29 is 27.5 Å². The maximum atomic E-state index is 13.2. The molecule has 0 atom stereocenters. The molecule has 3 heterocycles. The Morgan fingerprint density at radius 2 is 1.73 bits per heavy atom. The second kappa shape index (κ2) is 12.1. The number of nitrogens with zero attached hydrogens (tertiary/aromatic N) is 2. The van der Waals surface area contributed by atoms with Crippen LogP contribution in [0.4, 0.5) is 16.2 Å². The Morgan fingerprint density at radius 1 is 0.950 bits per heavy atom. The van der Waals surface area contributed by atoms with Crippen LogP contribution < -0.4 is 19.7 Å². The summed E-state index contributed by atoms with van der Waals surface area (Å²) in [6.07, 6.45) is 2.36. The third-order valence-electron chi connectivity index (χ3n) is 7.04. The molecule has 0 bridgehead atoms. The quantitative estimate of drug-likeness (QED) is 0.426. The first-order chi connectivity index (χ1) is 19.3. The van der Waals surface area contributed by atoms with E-state index in [4.69, 9.17) is 4.74 Å². The molecule has 40 heavy (non-hydrogen) atoms. The van der Waals surface area contributed by atoms with Crippen LogP contribution in [-0.4, -0.2) is 57.4 Å². The first-order valence-corrected chi connectivity index (χ1v) is 15.4. The summed E-state index contributed by atoms with van der Waals surface area (Å²) in [5.41, 5.74) is 1.72. The number of fused-ring (bicyclic) bond motifs is 1. The zero-order valence-electron chi connectivity index (χ0n) is 21.7. The fraction of sp³-hybridized carbons (Fsp3) is 0.321. The van der Waals surface area contributed by atoms with Crippen LogP contribution >= 0.6 is 11.3 Å². The molecule has 1 aromatic heterocycles. The molecule has 1 saturated heterocycles. The number of para-hydroxylation sites is 1. The number of thiophene rings is 1. The van der Waals surface area contributed by atoms with E-state index in [1.807, 2.05) is 6.07 Å². The van der Waals surface area contributed by atoms with E-state index in [-0.39, 0.29) is 10.1 Å². The van der Waals surface area contributed by atoms with E-state index in [1.165, 1.54) is 4.31 Å². The molecule has 0 spiro atoms. The number of piperidine rings is 1. The number of carbonyl (C=O) groups is 3. The van der Waals surface area contributed by atoms with Gasteiger partial charge in [0, 0.05) is 31.9 Å². The maximum absolute atomic E-state index is 13.2. The molecule has 3 amide bonds. The van der Waals surface area contributed by atoms with Gasteiger partial charge in [0.2, 0.25) is 0 Å². The number of carbonyl (C=O) groups excluding carboxylic acids is 3. The van der Waals surface area contributed by atoms with Crippen LogP contribution in [0, 0.1) is 5.92 Å². The second-order valence-electron chi connectivity index (χ2n) is 9.73.